The summed E-state index contributed by atoms with van der Waals surface area (Å²) in [6.45, 7) is 0. The molecule has 3 N–H and O–H groups in total. The van der Waals surface area contributed by atoms with E-state index in [9.17, 15) is 4.79 Å². The van der Waals surface area contributed by atoms with Gasteiger partial charge in [0, 0.05) is 15.5 Å². The molecular weight excluding hydrogens is 305 g/mol. The molecule has 0 aliphatic rings. The molecule has 3 nitrogen and oxygen atoms in total. The van der Waals surface area contributed by atoms with Gasteiger partial charge >= 0.3 is 5.97 Å². The predicted octanol–water partition coefficient (Wildman–Crippen LogP) is 3.00. The molecule has 1 rings (SSSR count). The van der Waals surface area contributed by atoms with Gasteiger partial charge in [0.05, 0.1) is 6.42 Å². The van der Waals surface area contributed by atoms with Crippen LogP contribution in [0.15, 0.2) is 22.7 Å². The van der Waals surface area contributed by atoms with Gasteiger partial charge in [-0.2, -0.15) is 0 Å². The lowest BCUT2D eigenvalue weighted by Crippen LogP contribution is -2.14. The van der Waals surface area contributed by atoms with Gasteiger partial charge in [-0.1, -0.05) is 27.5 Å². The molecule has 0 aromatic heterocycles. The summed E-state index contributed by atoms with van der Waals surface area (Å²) in [6, 6.07) is 4.63. The molecule has 0 radical (unpaired) electrons. The van der Waals surface area contributed by atoms with E-state index in [-0.39, 0.29) is 18.8 Å². The second-order valence-corrected chi connectivity index (χ2v) is 4.26. The molecule has 0 amide bonds. The number of hydrogen-bond donors (Lipinski definition) is 2. The second-order valence-electron chi connectivity index (χ2n) is 2.91. The zero-order chi connectivity index (χ0) is 10.7. The normalized spacial score (nSPS) is 11.7. The number of nitrogens with two attached hydrogens (primary N) is 1. The first-order chi connectivity index (χ1) is 6.49. The van der Waals surface area contributed by atoms with Crippen LogP contribution in [0.3, 0.4) is 0 Å². The zero-order valence-electron chi connectivity index (χ0n) is 7.61. The summed E-state index contributed by atoms with van der Waals surface area (Å²) in [7, 11) is 0. The first-order valence-electron chi connectivity index (χ1n) is 3.92. The molecule has 15 heavy (non-hydrogen) atoms. The van der Waals surface area contributed by atoms with Crippen LogP contribution in [-0.4, -0.2) is 11.1 Å². The number of benzene rings is 1. The Labute approximate surface area is 107 Å². The fraction of sp³-hybridized carbons (Fsp3) is 0.222. The van der Waals surface area contributed by atoms with E-state index in [1.54, 1.807) is 18.2 Å². The quantitative estimate of drug-likeness (QED) is 0.901. The monoisotopic (exact) mass is 313 g/mol. The maximum atomic E-state index is 10.4. The Morgan fingerprint density at radius 2 is 2.13 bits per heavy atom. The van der Waals surface area contributed by atoms with Crippen molar-refractivity contribution in [3.05, 3.63) is 33.3 Å². The minimum absolute atomic E-state index is 0. The Kier molecular flexibility index (Phi) is 6.20. The summed E-state index contributed by atoms with van der Waals surface area (Å²) < 4.78 is 0.792. The Morgan fingerprint density at radius 3 is 2.60 bits per heavy atom. The number of carboxylic acid groups (broad SMARTS) is 1. The minimum Gasteiger partial charge on any atom is -0.481 e. The highest BCUT2D eigenvalue weighted by Gasteiger charge is 2.11. The van der Waals surface area contributed by atoms with Crippen LogP contribution in [0.25, 0.3) is 0 Å². The van der Waals surface area contributed by atoms with E-state index in [0.29, 0.717) is 10.6 Å². The maximum Gasteiger partial charge on any atom is 0.305 e. The van der Waals surface area contributed by atoms with E-state index in [1.165, 1.54) is 0 Å². The Hall–Kier alpha value is -0.290. The Balaban J connectivity index is 0.00000196. The lowest BCUT2D eigenvalue weighted by atomic mass is 10.1. The number of hydrogen-bond acceptors (Lipinski definition) is 2. The highest BCUT2D eigenvalue weighted by molar-refractivity contribution is 9.10. The molecular formula is C9H10BrCl2NO2. The van der Waals surface area contributed by atoms with Crippen molar-refractivity contribution in [2.75, 3.05) is 0 Å². The molecule has 1 atom stereocenters. The van der Waals surface area contributed by atoms with E-state index in [4.69, 9.17) is 22.4 Å². The number of halogens is 3. The fourth-order valence-electron chi connectivity index (χ4n) is 1.10. The molecule has 0 saturated heterocycles. The van der Waals surface area contributed by atoms with E-state index in [2.05, 4.69) is 15.9 Å². The van der Waals surface area contributed by atoms with Crippen molar-refractivity contribution in [3.63, 3.8) is 0 Å². The lowest BCUT2D eigenvalue weighted by Gasteiger charge is -2.10. The molecule has 0 saturated carbocycles. The van der Waals surface area contributed by atoms with Crippen molar-refractivity contribution in [2.24, 2.45) is 5.73 Å². The van der Waals surface area contributed by atoms with E-state index in [1.807, 2.05) is 0 Å². The van der Waals surface area contributed by atoms with E-state index >= 15 is 0 Å². The predicted molar refractivity (Wildman–Crippen MR) is 65.6 cm³/mol. The average molecular weight is 315 g/mol. The third kappa shape index (κ3) is 4.84. The molecule has 1 unspecified atom stereocenters. The van der Waals surface area contributed by atoms with Gasteiger partial charge in [-0.05, 0) is 23.8 Å². The molecule has 0 spiro atoms. The van der Waals surface area contributed by atoms with Gasteiger partial charge < -0.3 is 10.8 Å². The largest absolute Gasteiger partial charge is 0.481 e. The average Bonchev–Trinajstić information content (AvgIpc) is 2.00. The third-order valence-electron chi connectivity index (χ3n) is 1.71. The molecule has 1 aromatic carbocycles. The summed E-state index contributed by atoms with van der Waals surface area (Å²) >= 11 is 9.06. The van der Waals surface area contributed by atoms with Crippen molar-refractivity contribution in [3.8, 4) is 0 Å². The molecule has 6 heteroatoms. The van der Waals surface area contributed by atoms with Crippen LogP contribution in [-0.2, 0) is 4.79 Å². The lowest BCUT2D eigenvalue weighted by molar-refractivity contribution is -0.137. The van der Waals surface area contributed by atoms with Crippen molar-refractivity contribution < 1.29 is 9.90 Å². The summed E-state index contributed by atoms with van der Waals surface area (Å²) in [5.41, 5.74) is 6.39. The molecule has 84 valence electrons. The van der Waals surface area contributed by atoms with Crippen LogP contribution in [0.2, 0.25) is 5.02 Å². The summed E-state index contributed by atoms with van der Waals surface area (Å²) in [6.07, 6.45) is -0.104. The smallest absolute Gasteiger partial charge is 0.305 e. The highest BCUT2D eigenvalue weighted by Crippen LogP contribution is 2.24. The van der Waals surface area contributed by atoms with Gasteiger partial charge in [0.2, 0.25) is 0 Å². The number of carboxylic acids is 1. The van der Waals surface area contributed by atoms with Gasteiger partial charge in [-0.15, -0.1) is 12.4 Å². The van der Waals surface area contributed by atoms with Gasteiger partial charge in [-0.25, -0.2) is 0 Å². The van der Waals surface area contributed by atoms with Gasteiger partial charge in [0.15, 0.2) is 0 Å². The van der Waals surface area contributed by atoms with Gasteiger partial charge in [0.25, 0.3) is 0 Å². The third-order valence-corrected chi connectivity index (χ3v) is 2.38. The zero-order valence-corrected chi connectivity index (χ0v) is 10.8. The van der Waals surface area contributed by atoms with E-state index < -0.39 is 12.0 Å². The van der Waals surface area contributed by atoms with Crippen molar-refractivity contribution in [1.29, 1.82) is 0 Å². The molecule has 0 heterocycles. The number of aliphatic carboxylic acids is 1. The first kappa shape index (κ1) is 14.7. The minimum atomic E-state index is -0.923. The van der Waals surface area contributed by atoms with Gasteiger partial charge in [0.1, 0.15) is 0 Å². The summed E-state index contributed by atoms with van der Waals surface area (Å²) in [4.78, 5) is 10.4. The first-order valence-corrected chi connectivity index (χ1v) is 5.09. The number of rotatable bonds is 3. The van der Waals surface area contributed by atoms with Crippen LogP contribution in [0.4, 0.5) is 0 Å². The van der Waals surface area contributed by atoms with Crippen molar-refractivity contribution in [1.82, 2.24) is 0 Å². The molecule has 0 aliphatic carbocycles. The number of carbonyl (C=O) groups is 1. The van der Waals surface area contributed by atoms with Gasteiger partial charge in [-0.3, -0.25) is 4.79 Å². The molecule has 0 bridgehead atoms. The summed E-state index contributed by atoms with van der Waals surface area (Å²) in [5, 5.41) is 9.10. The van der Waals surface area contributed by atoms with E-state index in [0.717, 1.165) is 4.47 Å². The van der Waals surface area contributed by atoms with Crippen LogP contribution in [0.1, 0.15) is 18.0 Å². The van der Waals surface area contributed by atoms with Crippen LogP contribution in [0, 0.1) is 0 Å². The van der Waals surface area contributed by atoms with Crippen molar-refractivity contribution >= 4 is 45.9 Å². The highest BCUT2D eigenvalue weighted by atomic mass is 79.9. The molecule has 0 aliphatic heterocycles. The molecule has 1 aromatic rings. The SMILES string of the molecule is Cl.NC(CC(=O)O)c1cc(Cl)cc(Br)c1. The standard InChI is InChI=1S/C9H9BrClNO2.ClH/c10-6-1-5(2-7(11)3-6)8(12)4-9(13)14;/h1-3,8H,4,12H2,(H,13,14);1H. The second kappa shape index (κ2) is 6.33. The fourth-order valence-corrected chi connectivity index (χ4v) is 1.98. The molecule has 0 fully saturated rings. The van der Waals surface area contributed by atoms with Crippen LogP contribution in [0.5, 0.6) is 0 Å². The topological polar surface area (TPSA) is 63.3 Å². The van der Waals surface area contributed by atoms with Crippen LogP contribution < -0.4 is 5.73 Å². The Bertz CT molecular complexity index is 340. The maximum absolute atomic E-state index is 10.4. The Morgan fingerprint density at radius 1 is 1.53 bits per heavy atom. The van der Waals surface area contributed by atoms with Crippen LogP contribution >= 0.6 is 39.9 Å². The van der Waals surface area contributed by atoms with Crippen molar-refractivity contribution in [2.45, 2.75) is 12.5 Å². The summed E-state index contributed by atoms with van der Waals surface area (Å²) in [5.74, 6) is -0.923.